The quantitative estimate of drug-likeness (QED) is 0.445. The van der Waals surface area contributed by atoms with Gasteiger partial charge in [-0.1, -0.05) is 0 Å². The van der Waals surface area contributed by atoms with E-state index in [-0.39, 0.29) is 0 Å². The molecule has 0 radical (unpaired) electrons. The number of nitrogens with one attached hydrogen (secondary N) is 1. The van der Waals surface area contributed by atoms with Gasteiger partial charge in [-0.25, -0.2) is 0 Å². The third kappa shape index (κ3) is 0.497. The van der Waals surface area contributed by atoms with Gasteiger partial charge in [0.25, 0.3) is 0 Å². The van der Waals surface area contributed by atoms with Crippen LogP contribution in [0.1, 0.15) is 6.42 Å². The number of hydrogen-bond acceptors (Lipinski definition) is 2. The van der Waals surface area contributed by atoms with Crippen LogP contribution in [-0.4, -0.2) is 18.3 Å². The predicted molar refractivity (Wildman–Crippen MR) is 33.0 cm³/mol. The minimum atomic E-state index is 0.349. The van der Waals surface area contributed by atoms with E-state index >= 15 is 0 Å². The Morgan fingerprint density at radius 3 is 2.88 bits per heavy atom. The lowest BCUT2D eigenvalue weighted by atomic mass is 10.1. The molecule has 2 aliphatic heterocycles. The molecule has 0 saturated carbocycles. The van der Waals surface area contributed by atoms with Gasteiger partial charge in [-0.3, -0.25) is 4.99 Å². The molecule has 0 amide bonds. The molecule has 8 heavy (non-hydrogen) atoms. The van der Waals surface area contributed by atoms with Gasteiger partial charge in [0, 0.05) is 25.4 Å². The van der Waals surface area contributed by atoms with Crippen molar-refractivity contribution in [2.45, 2.75) is 12.0 Å². The molecule has 42 valence electrons. The molecule has 1 spiro atoms. The normalized spacial score (nSPS) is 41.0. The molecule has 1 N–H and O–H groups in total. The Kier molecular flexibility index (Phi) is 0.641. The summed E-state index contributed by atoms with van der Waals surface area (Å²) in [7, 11) is 0. The Morgan fingerprint density at radius 1 is 1.62 bits per heavy atom. The van der Waals surface area contributed by atoms with Crippen LogP contribution >= 0.6 is 0 Å². The van der Waals surface area contributed by atoms with E-state index in [1.54, 1.807) is 0 Å². The first-order chi connectivity index (χ1) is 3.91. The van der Waals surface area contributed by atoms with Crippen molar-refractivity contribution in [1.82, 2.24) is 5.32 Å². The smallest absolute Gasteiger partial charge is 0.0559 e. The van der Waals surface area contributed by atoms with Crippen LogP contribution in [0.2, 0.25) is 0 Å². The van der Waals surface area contributed by atoms with Crippen LogP contribution in [0.15, 0.2) is 17.3 Å². The van der Waals surface area contributed by atoms with Gasteiger partial charge in [0.05, 0.1) is 5.54 Å². The Morgan fingerprint density at radius 2 is 2.50 bits per heavy atom. The lowest BCUT2D eigenvalue weighted by Crippen LogP contribution is -2.13. The summed E-state index contributed by atoms with van der Waals surface area (Å²) in [6.45, 7) is 1.13. The van der Waals surface area contributed by atoms with E-state index in [1.165, 1.54) is 0 Å². The van der Waals surface area contributed by atoms with Crippen molar-refractivity contribution >= 4 is 6.21 Å². The molecule has 0 aromatic rings. The van der Waals surface area contributed by atoms with Crippen molar-refractivity contribution in [2.24, 2.45) is 4.99 Å². The Balaban J connectivity index is 2.20. The van der Waals surface area contributed by atoms with Crippen LogP contribution in [-0.2, 0) is 0 Å². The summed E-state index contributed by atoms with van der Waals surface area (Å²) in [6, 6.07) is 0. The lowest BCUT2D eigenvalue weighted by Gasteiger charge is -2.04. The van der Waals surface area contributed by atoms with Crippen LogP contribution in [0.3, 0.4) is 0 Å². The van der Waals surface area contributed by atoms with Crippen molar-refractivity contribution in [2.75, 3.05) is 6.54 Å². The summed E-state index contributed by atoms with van der Waals surface area (Å²) in [6.07, 6.45) is 7.03. The molecule has 1 fully saturated rings. The van der Waals surface area contributed by atoms with Gasteiger partial charge >= 0.3 is 0 Å². The molecule has 2 heterocycles. The third-order valence-corrected chi connectivity index (χ3v) is 1.67. The minimum Gasteiger partial charge on any atom is -0.304 e. The van der Waals surface area contributed by atoms with Crippen LogP contribution in [0.4, 0.5) is 0 Å². The third-order valence-electron chi connectivity index (χ3n) is 1.67. The average molecular weight is 108 g/mol. The Hall–Kier alpha value is -0.630. The number of hydrogen-bond donors (Lipinski definition) is 1. The Labute approximate surface area is 48.3 Å². The standard InChI is InChI=1S/C6H8N2/c1-3-7-4-2-6(1)5-8-6/h1,3-4,8H,2,5H2. The molecular formula is C6H8N2. The second-order valence-corrected chi connectivity index (χ2v) is 2.36. The maximum atomic E-state index is 3.97. The van der Waals surface area contributed by atoms with Crippen LogP contribution in [0.25, 0.3) is 0 Å². The SMILES string of the molecule is C1=CC2(CC=N1)CN2. The van der Waals surface area contributed by atoms with E-state index in [0.29, 0.717) is 5.54 Å². The zero-order valence-electron chi connectivity index (χ0n) is 4.59. The fraction of sp³-hybridized carbons (Fsp3) is 0.500. The van der Waals surface area contributed by atoms with E-state index in [1.807, 2.05) is 12.4 Å². The van der Waals surface area contributed by atoms with Crippen molar-refractivity contribution in [1.29, 1.82) is 0 Å². The van der Waals surface area contributed by atoms with Gasteiger partial charge in [0.1, 0.15) is 0 Å². The van der Waals surface area contributed by atoms with E-state index < -0.39 is 0 Å². The van der Waals surface area contributed by atoms with E-state index in [4.69, 9.17) is 0 Å². The van der Waals surface area contributed by atoms with E-state index in [9.17, 15) is 0 Å². The predicted octanol–water partition coefficient (Wildman–Crippen LogP) is 0.317. The second kappa shape index (κ2) is 1.20. The monoisotopic (exact) mass is 108 g/mol. The van der Waals surface area contributed by atoms with E-state index in [2.05, 4.69) is 16.4 Å². The number of aliphatic imine (C=N–C) groups is 1. The largest absolute Gasteiger partial charge is 0.304 e. The molecule has 1 atom stereocenters. The highest BCUT2D eigenvalue weighted by Crippen LogP contribution is 2.23. The highest BCUT2D eigenvalue weighted by molar-refractivity contribution is 5.64. The van der Waals surface area contributed by atoms with Crippen LogP contribution in [0.5, 0.6) is 0 Å². The molecule has 2 nitrogen and oxygen atoms in total. The molecule has 0 aromatic heterocycles. The topological polar surface area (TPSA) is 34.3 Å². The molecule has 2 rings (SSSR count). The molecule has 1 saturated heterocycles. The maximum absolute atomic E-state index is 3.97. The van der Waals surface area contributed by atoms with Gasteiger partial charge in [-0.2, -0.15) is 0 Å². The van der Waals surface area contributed by atoms with Gasteiger partial charge in [-0.05, 0) is 6.08 Å². The van der Waals surface area contributed by atoms with Crippen molar-refractivity contribution < 1.29 is 0 Å². The molecule has 0 aliphatic carbocycles. The van der Waals surface area contributed by atoms with Gasteiger partial charge in [0.15, 0.2) is 0 Å². The van der Waals surface area contributed by atoms with Crippen molar-refractivity contribution in [3.63, 3.8) is 0 Å². The summed E-state index contributed by atoms with van der Waals surface area (Å²) in [4.78, 5) is 3.97. The van der Waals surface area contributed by atoms with Gasteiger partial charge < -0.3 is 5.32 Å². The summed E-state index contributed by atoms with van der Waals surface area (Å²) >= 11 is 0. The Bertz CT molecular complexity index is 154. The molecule has 0 bridgehead atoms. The molecule has 2 heteroatoms. The lowest BCUT2D eigenvalue weighted by molar-refractivity contribution is 0.811. The fourth-order valence-corrected chi connectivity index (χ4v) is 0.906. The maximum Gasteiger partial charge on any atom is 0.0559 e. The number of nitrogens with zero attached hydrogens (tertiary/aromatic N) is 1. The minimum absolute atomic E-state index is 0.349. The molecule has 0 aromatic carbocycles. The van der Waals surface area contributed by atoms with Gasteiger partial charge in [-0.15, -0.1) is 0 Å². The summed E-state index contributed by atoms with van der Waals surface area (Å²) in [5, 5.41) is 3.27. The summed E-state index contributed by atoms with van der Waals surface area (Å²) in [5.41, 5.74) is 0.349. The number of rotatable bonds is 0. The van der Waals surface area contributed by atoms with Crippen molar-refractivity contribution in [3.8, 4) is 0 Å². The van der Waals surface area contributed by atoms with E-state index in [0.717, 1.165) is 13.0 Å². The first-order valence-electron chi connectivity index (χ1n) is 2.86. The highest BCUT2D eigenvalue weighted by atomic mass is 15.2. The van der Waals surface area contributed by atoms with Crippen LogP contribution in [0, 0.1) is 0 Å². The summed E-state index contributed by atoms with van der Waals surface area (Å²) < 4.78 is 0. The first kappa shape index (κ1) is 4.27. The fourth-order valence-electron chi connectivity index (χ4n) is 0.906. The van der Waals surface area contributed by atoms with Crippen LogP contribution < -0.4 is 5.32 Å². The second-order valence-electron chi connectivity index (χ2n) is 2.36. The average Bonchev–Trinajstić information content (AvgIpc) is 2.52. The first-order valence-corrected chi connectivity index (χ1v) is 2.86. The highest BCUT2D eigenvalue weighted by Gasteiger charge is 2.38. The molecule has 1 unspecified atom stereocenters. The van der Waals surface area contributed by atoms with Crippen molar-refractivity contribution in [3.05, 3.63) is 12.3 Å². The zero-order chi connectivity index (χ0) is 5.45. The van der Waals surface area contributed by atoms with Gasteiger partial charge in [0.2, 0.25) is 0 Å². The molecule has 2 aliphatic rings. The molecular weight excluding hydrogens is 100 g/mol. The summed E-state index contributed by atoms with van der Waals surface area (Å²) in [5.74, 6) is 0. The zero-order valence-corrected chi connectivity index (χ0v) is 4.59.